The highest BCUT2D eigenvalue weighted by Gasteiger charge is 2.42. The standard InChI is InChI=1S/C17H23F3N2O5S2/c1-3-25-13(23)12(29-15(28-2)22-21-14(24)17(18,19)20)9-11-10-26-16(27-11)7-5-4-6-8-16/h9,11H,3-8,10H2,1-2H3,(H,21,24)/b12-9+,22-15+/t11-/m0/s1. The van der Waals surface area contributed by atoms with Gasteiger partial charge in [0.2, 0.25) is 0 Å². The summed E-state index contributed by atoms with van der Waals surface area (Å²) in [6.07, 6.45) is 2.21. The lowest BCUT2D eigenvalue weighted by Crippen LogP contribution is -2.33. The zero-order valence-electron chi connectivity index (χ0n) is 16.0. The van der Waals surface area contributed by atoms with E-state index in [4.69, 9.17) is 14.2 Å². The van der Waals surface area contributed by atoms with Gasteiger partial charge in [0.05, 0.1) is 18.1 Å². The number of hydrogen-bond acceptors (Lipinski definition) is 8. The van der Waals surface area contributed by atoms with Crippen LogP contribution in [-0.4, -0.2) is 53.8 Å². The first-order valence-electron chi connectivity index (χ1n) is 9.06. The number of amides is 1. The molecule has 2 fully saturated rings. The first kappa shape index (κ1) is 24.0. The predicted octanol–water partition coefficient (Wildman–Crippen LogP) is 3.55. The number of ether oxygens (including phenoxy) is 3. The third-order valence-corrected chi connectivity index (χ3v) is 6.16. The summed E-state index contributed by atoms with van der Waals surface area (Å²) < 4.78 is 53.9. The normalized spacial score (nSPS) is 22.6. The number of alkyl halides is 3. The van der Waals surface area contributed by atoms with Gasteiger partial charge in [0.15, 0.2) is 10.2 Å². The Kier molecular flexibility index (Phi) is 8.86. The topological polar surface area (TPSA) is 86.2 Å². The van der Waals surface area contributed by atoms with Crippen LogP contribution in [0, 0.1) is 0 Å². The number of hydrogen-bond donors (Lipinski definition) is 1. The van der Waals surface area contributed by atoms with Crippen LogP contribution in [0.5, 0.6) is 0 Å². The van der Waals surface area contributed by atoms with E-state index in [-0.39, 0.29) is 22.5 Å². The third kappa shape index (κ3) is 7.19. The number of hydrazone groups is 1. The van der Waals surface area contributed by atoms with E-state index in [1.54, 1.807) is 13.2 Å². The Morgan fingerprint density at radius 1 is 1.31 bits per heavy atom. The van der Waals surface area contributed by atoms with E-state index >= 15 is 0 Å². The van der Waals surface area contributed by atoms with Gasteiger partial charge in [-0.25, -0.2) is 10.2 Å². The molecule has 1 saturated heterocycles. The molecule has 1 saturated carbocycles. The van der Waals surface area contributed by atoms with Gasteiger partial charge in [-0.1, -0.05) is 18.2 Å². The van der Waals surface area contributed by atoms with E-state index in [1.165, 1.54) is 11.5 Å². The Bertz CT molecular complexity index is 664. The van der Waals surface area contributed by atoms with Gasteiger partial charge in [-0.2, -0.15) is 18.3 Å². The Balaban J connectivity index is 2.11. The van der Waals surface area contributed by atoms with Crippen LogP contribution < -0.4 is 5.43 Å². The molecule has 1 aliphatic carbocycles. The number of rotatable bonds is 5. The zero-order chi connectivity index (χ0) is 21.5. The summed E-state index contributed by atoms with van der Waals surface area (Å²) in [7, 11) is 0. The molecular formula is C17H23F3N2O5S2. The maximum Gasteiger partial charge on any atom is 0.473 e. The van der Waals surface area contributed by atoms with Crippen LogP contribution in [-0.2, 0) is 23.8 Å². The molecule has 0 unspecified atom stereocenters. The van der Waals surface area contributed by atoms with Crippen molar-refractivity contribution in [1.82, 2.24) is 5.43 Å². The molecular weight excluding hydrogens is 433 g/mol. The minimum atomic E-state index is -5.05. The third-order valence-electron chi connectivity index (χ3n) is 4.18. The average Bonchev–Trinajstić information content (AvgIpc) is 3.05. The first-order chi connectivity index (χ1) is 13.7. The van der Waals surface area contributed by atoms with Crippen molar-refractivity contribution in [1.29, 1.82) is 0 Å². The summed E-state index contributed by atoms with van der Waals surface area (Å²) >= 11 is 1.77. The maximum atomic E-state index is 12.3. The van der Waals surface area contributed by atoms with Crippen molar-refractivity contribution >= 4 is 39.8 Å². The Labute approximate surface area is 175 Å². The number of esters is 1. The molecule has 0 bridgehead atoms. The number of nitrogens with zero attached hydrogens (tertiary/aromatic N) is 1. The molecule has 1 amide bonds. The number of thioether (sulfide) groups is 2. The minimum Gasteiger partial charge on any atom is -0.462 e. The summed E-state index contributed by atoms with van der Waals surface area (Å²) in [4.78, 5) is 23.4. The minimum absolute atomic E-state index is 0.0354. The molecule has 164 valence electrons. The lowest BCUT2D eigenvalue weighted by atomic mass is 9.94. The van der Waals surface area contributed by atoms with Crippen LogP contribution in [0.2, 0.25) is 0 Å². The van der Waals surface area contributed by atoms with E-state index < -0.39 is 29.9 Å². The SMILES string of the molecule is CCOC(=O)/C(=C\[C@H]1COC2(CCCCC2)O1)S/C(=N/NC(=O)C(F)(F)F)SC. The van der Waals surface area contributed by atoms with Crippen LogP contribution in [0.15, 0.2) is 16.1 Å². The highest BCUT2D eigenvalue weighted by Crippen LogP contribution is 2.39. The molecule has 1 heterocycles. The van der Waals surface area contributed by atoms with Gasteiger partial charge >= 0.3 is 18.1 Å². The maximum absolute atomic E-state index is 12.3. The highest BCUT2D eigenvalue weighted by molar-refractivity contribution is 8.40. The molecule has 0 aromatic rings. The van der Waals surface area contributed by atoms with Gasteiger partial charge in [-0.15, -0.1) is 11.8 Å². The van der Waals surface area contributed by atoms with E-state index in [2.05, 4.69) is 5.10 Å². The largest absolute Gasteiger partial charge is 0.473 e. The molecule has 7 nitrogen and oxygen atoms in total. The monoisotopic (exact) mass is 456 g/mol. The quantitative estimate of drug-likeness (QED) is 0.223. The van der Waals surface area contributed by atoms with E-state index in [0.29, 0.717) is 0 Å². The lowest BCUT2D eigenvalue weighted by molar-refractivity contribution is -0.183. The number of halogens is 3. The summed E-state index contributed by atoms with van der Waals surface area (Å²) in [6, 6.07) is 0. The Morgan fingerprint density at radius 2 is 2.00 bits per heavy atom. The van der Waals surface area contributed by atoms with E-state index in [1.807, 2.05) is 0 Å². The van der Waals surface area contributed by atoms with Crippen LogP contribution in [0.25, 0.3) is 0 Å². The molecule has 0 aromatic carbocycles. The second-order valence-corrected chi connectivity index (χ2v) is 8.40. The average molecular weight is 457 g/mol. The van der Waals surface area contributed by atoms with Crippen LogP contribution in [0.1, 0.15) is 39.0 Å². The van der Waals surface area contributed by atoms with Crippen molar-refractivity contribution in [2.24, 2.45) is 5.10 Å². The fourth-order valence-electron chi connectivity index (χ4n) is 2.89. The summed E-state index contributed by atoms with van der Waals surface area (Å²) in [5.74, 6) is -3.49. The second kappa shape index (κ2) is 10.7. The molecule has 1 N–H and O–H groups in total. The number of nitrogens with one attached hydrogen (secondary N) is 1. The Hall–Kier alpha value is -1.24. The molecule has 2 rings (SSSR count). The molecule has 29 heavy (non-hydrogen) atoms. The van der Waals surface area contributed by atoms with Crippen molar-refractivity contribution < 1.29 is 37.0 Å². The number of carbonyl (C=O) groups is 2. The van der Waals surface area contributed by atoms with Crippen molar-refractivity contribution in [3.05, 3.63) is 11.0 Å². The molecule has 2 aliphatic rings. The molecule has 0 aromatic heterocycles. The molecule has 0 radical (unpaired) electrons. The van der Waals surface area contributed by atoms with Crippen LogP contribution in [0.4, 0.5) is 13.2 Å². The van der Waals surface area contributed by atoms with E-state index in [9.17, 15) is 22.8 Å². The van der Waals surface area contributed by atoms with Crippen LogP contribution >= 0.6 is 23.5 Å². The number of carbonyl (C=O) groups excluding carboxylic acids is 2. The lowest BCUT2D eigenvalue weighted by Gasteiger charge is -2.31. The molecule has 1 atom stereocenters. The highest BCUT2D eigenvalue weighted by atomic mass is 32.2. The van der Waals surface area contributed by atoms with Crippen molar-refractivity contribution in [2.45, 2.75) is 57.1 Å². The fraction of sp³-hybridized carbons (Fsp3) is 0.706. The van der Waals surface area contributed by atoms with Gasteiger partial charge in [-0.3, -0.25) is 4.79 Å². The summed E-state index contributed by atoms with van der Waals surface area (Å²) in [5, 5.41) is 3.45. The van der Waals surface area contributed by atoms with Gasteiger partial charge in [0.25, 0.3) is 0 Å². The van der Waals surface area contributed by atoms with Crippen molar-refractivity contribution in [3.8, 4) is 0 Å². The van der Waals surface area contributed by atoms with Crippen molar-refractivity contribution in [3.63, 3.8) is 0 Å². The van der Waals surface area contributed by atoms with Gasteiger partial charge in [-0.05, 0) is 32.1 Å². The zero-order valence-corrected chi connectivity index (χ0v) is 17.7. The van der Waals surface area contributed by atoms with E-state index in [0.717, 1.165) is 55.6 Å². The second-order valence-electron chi connectivity index (χ2n) is 6.31. The molecule has 1 aliphatic heterocycles. The molecule has 1 spiro atoms. The first-order valence-corrected chi connectivity index (χ1v) is 11.1. The van der Waals surface area contributed by atoms with Gasteiger partial charge in [0.1, 0.15) is 6.10 Å². The Morgan fingerprint density at radius 3 is 2.59 bits per heavy atom. The van der Waals surface area contributed by atoms with Gasteiger partial charge < -0.3 is 14.2 Å². The smallest absolute Gasteiger partial charge is 0.462 e. The summed E-state index contributed by atoms with van der Waals surface area (Å²) in [5.41, 5.74) is 1.44. The summed E-state index contributed by atoms with van der Waals surface area (Å²) in [6.45, 7) is 2.03. The molecule has 12 heteroatoms. The van der Waals surface area contributed by atoms with Crippen LogP contribution in [0.3, 0.4) is 0 Å². The predicted molar refractivity (Wildman–Crippen MR) is 104 cm³/mol. The van der Waals surface area contributed by atoms with Crippen molar-refractivity contribution in [2.75, 3.05) is 19.5 Å². The fourth-order valence-corrected chi connectivity index (χ4v) is 4.27. The van der Waals surface area contributed by atoms with Gasteiger partial charge in [0, 0.05) is 12.8 Å².